The van der Waals surface area contributed by atoms with Gasteiger partial charge in [0.15, 0.2) is 0 Å². The third-order valence-corrected chi connectivity index (χ3v) is 1.74. The summed E-state index contributed by atoms with van der Waals surface area (Å²) in [6.45, 7) is 8.36. The van der Waals surface area contributed by atoms with Crippen molar-refractivity contribution in [1.82, 2.24) is 0 Å². The molecule has 0 N–H and O–H groups in total. The van der Waals surface area contributed by atoms with E-state index in [0.29, 0.717) is 6.61 Å². The van der Waals surface area contributed by atoms with Gasteiger partial charge in [0.2, 0.25) is 0 Å². The molecule has 0 aromatic carbocycles. The predicted octanol–water partition coefficient (Wildman–Crippen LogP) is 3.26. The Morgan fingerprint density at radius 2 is 2.23 bits per heavy atom. The average molecular weight is 178 g/mol. The van der Waals surface area contributed by atoms with Crippen LogP contribution in [0.2, 0.25) is 0 Å². The first-order chi connectivity index (χ1) is 6.29. The SMILES string of the molecule is C=C=C(CC)/C(=C/C=C\C)COC. The van der Waals surface area contributed by atoms with Gasteiger partial charge in [-0.05, 0) is 24.5 Å². The Morgan fingerprint density at radius 1 is 1.54 bits per heavy atom. The molecule has 0 aromatic heterocycles. The molecule has 0 aromatic rings. The molecule has 0 radical (unpaired) electrons. The van der Waals surface area contributed by atoms with Gasteiger partial charge in [-0.3, -0.25) is 0 Å². The van der Waals surface area contributed by atoms with E-state index in [4.69, 9.17) is 4.74 Å². The average Bonchev–Trinajstić information content (AvgIpc) is 2.16. The van der Waals surface area contributed by atoms with Crippen LogP contribution in [0, 0.1) is 0 Å². The molecule has 0 atom stereocenters. The fraction of sp³-hybridized carbons (Fsp3) is 0.417. The summed E-state index contributed by atoms with van der Waals surface area (Å²) in [6, 6.07) is 0. The van der Waals surface area contributed by atoms with Crippen LogP contribution in [0.1, 0.15) is 20.3 Å². The number of ether oxygens (including phenoxy) is 1. The molecule has 13 heavy (non-hydrogen) atoms. The van der Waals surface area contributed by atoms with Crippen LogP contribution in [-0.2, 0) is 4.74 Å². The number of hydrogen-bond donors (Lipinski definition) is 0. The van der Waals surface area contributed by atoms with Gasteiger partial charge in [0.05, 0.1) is 6.61 Å². The Labute approximate surface area is 81.1 Å². The fourth-order valence-electron chi connectivity index (χ4n) is 1.07. The van der Waals surface area contributed by atoms with Gasteiger partial charge in [-0.2, -0.15) is 0 Å². The Kier molecular flexibility index (Phi) is 6.99. The van der Waals surface area contributed by atoms with Crippen molar-refractivity contribution < 1.29 is 4.74 Å². The van der Waals surface area contributed by atoms with Gasteiger partial charge in [0, 0.05) is 7.11 Å². The molecule has 0 aliphatic heterocycles. The first kappa shape index (κ1) is 12.0. The molecule has 0 aliphatic carbocycles. The van der Waals surface area contributed by atoms with Crippen molar-refractivity contribution >= 4 is 0 Å². The zero-order chi connectivity index (χ0) is 10.1. The zero-order valence-electron chi connectivity index (χ0n) is 8.76. The van der Waals surface area contributed by atoms with Crippen LogP contribution in [0.15, 0.2) is 41.7 Å². The second-order valence-corrected chi connectivity index (χ2v) is 2.66. The molecule has 0 spiro atoms. The second-order valence-electron chi connectivity index (χ2n) is 2.66. The van der Waals surface area contributed by atoms with E-state index >= 15 is 0 Å². The smallest absolute Gasteiger partial charge is 0.0721 e. The summed E-state index contributed by atoms with van der Waals surface area (Å²) in [7, 11) is 1.69. The van der Waals surface area contributed by atoms with Gasteiger partial charge in [0.1, 0.15) is 0 Å². The van der Waals surface area contributed by atoms with Crippen LogP contribution in [0.4, 0.5) is 0 Å². The van der Waals surface area contributed by atoms with Crippen LogP contribution in [0.5, 0.6) is 0 Å². The minimum Gasteiger partial charge on any atom is -0.380 e. The lowest BCUT2D eigenvalue weighted by molar-refractivity contribution is 0.227. The molecule has 0 saturated heterocycles. The van der Waals surface area contributed by atoms with Crippen LogP contribution in [0.25, 0.3) is 0 Å². The minimum absolute atomic E-state index is 0.621. The second kappa shape index (κ2) is 7.60. The quantitative estimate of drug-likeness (QED) is 0.464. The number of methoxy groups -OCH3 is 1. The highest BCUT2D eigenvalue weighted by Crippen LogP contribution is 2.12. The van der Waals surface area contributed by atoms with E-state index in [9.17, 15) is 0 Å². The Balaban J connectivity index is 4.68. The van der Waals surface area contributed by atoms with Gasteiger partial charge < -0.3 is 4.74 Å². The molecular weight excluding hydrogens is 160 g/mol. The highest BCUT2D eigenvalue weighted by molar-refractivity contribution is 5.33. The van der Waals surface area contributed by atoms with Gasteiger partial charge in [-0.1, -0.05) is 31.7 Å². The molecule has 72 valence electrons. The normalized spacial score (nSPS) is 11.8. The molecule has 0 fully saturated rings. The van der Waals surface area contributed by atoms with Crippen molar-refractivity contribution in [2.45, 2.75) is 20.3 Å². The zero-order valence-corrected chi connectivity index (χ0v) is 8.76. The lowest BCUT2D eigenvalue weighted by atomic mass is 10.1. The lowest BCUT2D eigenvalue weighted by Crippen LogP contribution is -1.96. The highest BCUT2D eigenvalue weighted by atomic mass is 16.5. The molecule has 0 rings (SSSR count). The van der Waals surface area contributed by atoms with E-state index in [2.05, 4.69) is 19.2 Å². The maximum atomic E-state index is 5.09. The summed E-state index contributed by atoms with van der Waals surface area (Å²) in [5.41, 5.74) is 5.21. The van der Waals surface area contributed by atoms with E-state index in [-0.39, 0.29) is 0 Å². The van der Waals surface area contributed by atoms with Crippen LogP contribution < -0.4 is 0 Å². The minimum atomic E-state index is 0.621. The molecule has 0 amide bonds. The number of hydrogen-bond acceptors (Lipinski definition) is 1. The van der Waals surface area contributed by atoms with Crippen molar-refractivity contribution in [2.75, 3.05) is 13.7 Å². The molecule has 1 heteroatoms. The van der Waals surface area contributed by atoms with E-state index in [1.807, 2.05) is 25.2 Å². The number of allylic oxidation sites excluding steroid dienone is 3. The van der Waals surface area contributed by atoms with Gasteiger partial charge >= 0.3 is 0 Å². The van der Waals surface area contributed by atoms with Gasteiger partial charge in [-0.25, -0.2) is 0 Å². The summed E-state index contributed by atoms with van der Waals surface area (Å²) in [5, 5.41) is 0. The Hall–Kier alpha value is -1.04. The van der Waals surface area contributed by atoms with Crippen molar-refractivity contribution in [3.8, 4) is 0 Å². The fourth-order valence-corrected chi connectivity index (χ4v) is 1.07. The largest absolute Gasteiger partial charge is 0.380 e. The Bertz CT molecular complexity index is 240. The molecule has 0 bridgehead atoms. The first-order valence-corrected chi connectivity index (χ1v) is 4.50. The maximum absolute atomic E-state index is 5.09. The predicted molar refractivity (Wildman–Crippen MR) is 57.7 cm³/mol. The third-order valence-electron chi connectivity index (χ3n) is 1.74. The van der Waals surface area contributed by atoms with Crippen LogP contribution in [0.3, 0.4) is 0 Å². The topological polar surface area (TPSA) is 9.23 Å². The summed E-state index contributed by atoms with van der Waals surface area (Å²) >= 11 is 0. The van der Waals surface area contributed by atoms with E-state index in [1.54, 1.807) is 7.11 Å². The van der Waals surface area contributed by atoms with Gasteiger partial charge in [0.25, 0.3) is 0 Å². The maximum Gasteiger partial charge on any atom is 0.0721 e. The van der Waals surface area contributed by atoms with Crippen molar-refractivity contribution in [3.63, 3.8) is 0 Å². The summed E-state index contributed by atoms with van der Waals surface area (Å²) in [5.74, 6) is 0. The van der Waals surface area contributed by atoms with Crippen LogP contribution in [-0.4, -0.2) is 13.7 Å². The summed E-state index contributed by atoms with van der Waals surface area (Å²) in [6.07, 6.45) is 6.98. The van der Waals surface area contributed by atoms with E-state index in [1.165, 1.54) is 0 Å². The standard InChI is InChI=1S/C12H18O/c1-5-8-9-12(10-13-4)11(6-2)7-3/h5,8-9H,2,7,10H2,1,3-4H3/b8-5-,12-9+. The molecule has 0 unspecified atom stereocenters. The summed E-state index contributed by atoms with van der Waals surface area (Å²) < 4.78 is 5.09. The molecule has 0 aliphatic rings. The van der Waals surface area contributed by atoms with Crippen LogP contribution >= 0.6 is 0 Å². The van der Waals surface area contributed by atoms with Gasteiger partial charge in [-0.15, -0.1) is 5.73 Å². The summed E-state index contributed by atoms with van der Waals surface area (Å²) in [4.78, 5) is 0. The van der Waals surface area contributed by atoms with E-state index in [0.717, 1.165) is 17.6 Å². The molecule has 0 heterocycles. The Morgan fingerprint density at radius 3 is 2.62 bits per heavy atom. The monoisotopic (exact) mass is 178 g/mol. The van der Waals surface area contributed by atoms with E-state index < -0.39 is 0 Å². The highest BCUT2D eigenvalue weighted by Gasteiger charge is 2.00. The first-order valence-electron chi connectivity index (χ1n) is 4.50. The third kappa shape index (κ3) is 4.51. The lowest BCUT2D eigenvalue weighted by Gasteiger charge is -2.05. The molecule has 0 saturated carbocycles. The molecule has 1 nitrogen and oxygen atoms in total. The van der Waals surface area contributed by atoms with Crippen molar-refractivity contribution in [1.29, 1.82) is 0 Å². The number of rotatable bonds is 5. The van der Waals surface area contributed by atoms with Crippen molar-refractivity contribution in [2.24, 2.45) is 0 Å². The molecular formula is C12H18O. The van der Waals surface area contributed by atoms with Crippen molar-refractivity contribution in [3.05, 3.63) is 41.7 Å².